The van der Waals surface area contributed by atoms with Crippen LogP contribution < -0.4 is 21.3 Å². The molecule has 0 aliphatic rings. The monoisotopic (exact) mass is 785 g/mol. The van der Waals surface area contributed by atoms with E-state index >= 15 is 0 Å². The SMILES string of the molecule is CCCCCCCC/C=C/CCCCCCCCNC(=O)Nc1ccc(Cc2ccc(NC(=O)NCCCCCCCC/C=C/CCCCCCCC)cc2)cc1. The average molecular weight is 785 g/mol. The highest BCUT2D eigenvalue weighted by molar-refractivity contribution is 5.89. The van der Waals surface area contributed by atoms with Crippen molar-refractivity contribution in [3.05, 3.63) is 84.0 Å². The fourth-order valence-electron chi connectivity index (χ4n) is 7.15. The molecule has 0 bridgehead atoms. The predicted octanol–water partition coefficient (Wildman–Crippen LogP) is 15.6. The number of urea groups is 2. The minimum absolute atomic E-state index is 0.148. The summed E-state index contributed by atoms with van der Waals surface area (Å²) in [6, 6.07) is 15.7. The lowest BCUT2D eigenvalue weighted by atomic mass is 10.0. The molecule has 4 N–H and O–H groups in total. The summed E-state index contributed by atoms with van der Waals surface area (Å²) in [6.07, 6.45) is 46.2. The molecule has 6 nitrogen and oxygen atoms in total. The summed E-state index contributed by atoms with van der Waals surface area (Å²) in [5, 5.41) is 11.9. The highest BCUT2D eigenvalue weighted by Crippen LogP contribution is 2.17. The largest absolute Gasteiger partial charge is 0.338 e. The van der Waals surface area contributed by atoms with Gasteiger partial charge in [0, 0.05) is 24.5 Å². The summed E-state index contributed by atoms with van der Waals surface area (Å²) in [7, 11) is 0. The third-order valence-electron chi connectivity index (χ3n) is 10.8. The topological polar surface area (TPSA) is 82.3 Å². The van der Waals surface area contributed by atoms with E-state index in [1.165, 1.54) is 165 Å². The molecule has 0 unspecified atom stereocenters. The van der Waals surface area contributed by atoms with E-state index in [4.69, 9.17) is 0 Å². The van der Waals surface area contributed by atoms with Gasteiger partial charge in [-0.25, -0.2) is 9.59 Å². The molecular weight excluding hydrogens is 701 g/mol. The maximum atomic E-state index is 12.4. The van der Waals surface area contributed by atoms with Crippen LogP contribution in [-0.2, 0) is 6.42 Å². The van der Waals surface area contributed by atoms with E-state index in [9.17, 15) is 9.59 Å². The van der Waals surface area contributed by atoms with Crippen molar-refractivity contribution in [1.82, 2.24) is 10.6 Å². The summed E-state index contributed by atoms with van der Waals surface area (Å²) in [4.78, 5) is 24.8. The van der Waals surface area contributed by atoms with Gasteiger partial charge in [0.1, 0.15) is 0 Å². The average Bonchev–Trinajstić information content (AvgIpc) is 3.21. The second-order valence-corrected chi connectivity index (χ2v) is 16.2. The summed E-state index contributed by atoms with van der Waals surface area (Å²) in [5.74, 6) is 0. The molecule has 2 aromatic rings. The van der Waals surface area contributed by atoms with Crippen LogP contribution in [0.4, 0.5) is 21.0 Å². The van der Waals surface area contributed by atoms with Crippen LogP contribution in [0.25, 0.3) is 0 Å². The molecule has 320 valence electrons. The number of benzene rings is 2. The molecule has 0 aromatic heterocycles. The Labute approximate surface area is 350 Å². The molecule has 0 fully saturated rings. The first-order chi connectivity index (χ1) is 28.1. The van der Waals surface area contributed by atoms with Crippen molar-refractivity contribution >= 4 is 23.4 Å². The molecular formula is C51H84N4O2. The smallest absolute Gasteiger partial charge is 0.319 e. The molecule has 2 aromatic carbocycles. The van der Waals surface area contributed by atoms with Gasteiger partial charge in [0.25, 0.3) is 0 Å². The van der Waals surface area contributed by atoms with Gasteiger partial charge in [-0.05, 0) is 106 Å². The highest BCUT2D eigenvalue weighted by atomic mass is 16.2. The van der Waals surface area contributed by atoms with Gasteiger partial charge < -0.3 is 21.3 Å². The van der Waals surface area contributed by atoms with Crippen LogP contribution >= 0.6 is 0 Å². The lowest BCUT2D eigenvalue weighted by Gasteiger charge is -2.10. The number of carbonyl (C=O) groups excluding carboxylic acids is 2. The lowest BCUT2D eigenvalue weighted by Crippen LogP contribution is -2.29. The minimum Gasteiger partial charge on any atom is -0.338 e. The molecule has 57 heavy (non-hydrogen) atoms. The first-order valence-electron chi connectivity index (χ1n) is 23.7. The maximum Gasteiger partial charge on any atom is 0.319 e. The van der Waals surface area contributed by atoms with Gasteiger partial charge in [-0.3, -0.25) is 0 Å². The summed E-state index contributed by atoms with van der Waals surface area (Å²) < 4.78 is 0. The van der Waals surface area contributed by atoms with Gasteiger partial charge in [0.15, 0.2) is 0 Å². The Morgan fingerprint density at radius 3 is 0.982 bits per heavy atom. The fourth-order valence-corrected chi connectivity index (χ4v) is 7.15. The predicted molar refractivity (Wildman–Crippen MR) is 249 cm³/mol. The van der Waals surface area contributed by atoms with E-state index in [2.05, 4.69) is 83.7 Å². The fraction of sp³-hybridized carbons (Fsp3) is 0.647. The van der Waals surface area contributed by atoms with Crippen LogP contribution in [-0.4, -0.2) is 25.2 Å². The normalized spacial score (nSPS) is 11.4. The Morgan fingerprint density at radius 1 is 0.386 bits per heavy atom. The molecule has 0 radical (unpaired) electrons. The number of amides is 4. The molecule has 0 saturated carbocycles. The quantitative estimate of drug-likeness (QED) is 0.0410. The van der Waals surface area contributed by atoms with Crippen molar-refractivity contribution < 1.29 is 9.59 Å². The Kier molecular flexibility index (Phi) is 32.0. The molecule has 0 atom stereocenters. The lowest BCUT2D eigenvalue weighted by molar-refractivity contribution is 0.251. The number of hydrogen-bond acceptors (Lipinski definition) is 2. The standard InChI is InChI=1S/C51H84N4O2/c1-3-5-7-9-11-13-15-17-19-21-23-25-27-29-31-33-43-52-50(56)54-48-39-35-46(36-40-48)45-47-37-41-49(42-38-47)55-51(57)53-44-34-32-30-28-26-24-22-20-18-16-14-12-10-8-6-4-2/h17-20,35-42H,3-16,21-34,43-45H2,1-2H3,(H2,52,54,56)(H2,53,55,57)/b19-17+,20-18+. The number of anilines is 2. The molecule has 0 heterocycles. The Balaban J connectivity index is 1.43. The van der Waals surface area contributed by atoms with Crippen LogP contribution in [0.1, 0.15) is 205 Å². The van der Waals surface area contributed by atoms with Crippen molar-refractivity contribution in [2.45, 2.75) is 200 Å². The third-order valence-corrected chi connectivity index (χ3v) is 10.8. The third kappa shape index (κ3) is 30.2. The first-order valence-corrected chi connectivity index (χ1v) is 23.7. The van der Waals surface area contributed by atoms with E-state index in [0.29, 0.717) is 13.1 Å². The molecule has 2 rings (SSSR count). The molecule has 0 aliphatic heterocycles. The number of rotatable bonds is 36. The van der Waals surface area contributed by atoms with Crippen LogP contribution in [0.3, 0.4) is 0 Å². The zero-order valence-corrected chi connectivity index (χ0v) is 36.7. The van der Waals surface area contributed by atoms with Crippen LogP contribution in [0.15, 0.2) is 72.8 Å². The zero-order chi connectivity index (χ0) is 40.7. The number of hydrogen-bond donors (Lipinski definition) is 4. The number of carbonyl (C=O) groups is 2. The van der Waals surface area contributed by atoms with Crippen LogP contribution in [0, 0.1) is 0 Å². The van der Waals surface area contributed by atoms with Crippen molar-refractivity contribution in [3.63, 3.8) is 0 Å². The van der Waals surface area contributed by atoms with Gasteiger partial charge in [0.05, 0.1) is 0 Å². The molecule has 6 heteroatoms. The van der Waals surface area contributed by atoms with Gasteiger partial charge in [-0.1, -0.05) is 178 Å². The van der Waals surface area contributed by atoms with Crippen molar-refractivity contribution in [2.75, 3.05) is 23.7 Å². The summed E-state index contributed by atoms with van der Waals surface area (Å²) in [5.41, 5.74) is 3.92. The molecule has 4 amide bonds. The van der Waals surface area contributed by atoms with E-state index in [0.717, 1.165) is 43.5 Å². The van der Waals surface area contributed by atoms with Crippen molar-refractivity contribution in [2.24, 2.45) is 0 Å². The summed E-state index contributed by atoms with van der Waals surface area (Å²) >= 11 is 0. The van der Waals surface area contributed by atoms with Gasteiger partial charge in [-0.2, -0.15) is 0 Å². The van der Waals surface area contributed by atoms with Crippen LogP contribution in [0.2, 0.25) is 0 Å². The van der Waals surface area contributed by atoms with E-state index in [1.54, 1.807) is 0 Å². The zero-order valence-electron chi connectivity index (χ0n) is 36.7. The number of unbranched alkanes of at least 4 members (excludes halogenated alkanes) is 24. The molecule has 0 spiro atoms. The van der Waals surface area contributed by atoms with E-state index < -0.39 is 0 Å². The van der Waals surface area contributed by atoms with E-state index in [1.807, 2.05) is 24.3 Å². The van der Waals surface area contributed by atoms with Crippen molar-refractivity contribution in [3.8, 4) is 0 Å². The summed E-state index contributed by atoms with van der Waals surface area (Å²) in [6.45, 7) is 5.95. The van der Waals surface area contributed by atoms with Gasteiger partial charge in [0.2, 0.25) is 0 Å². The first kappa shape index (κ1) is 49.6. The Hall–Kier alpha value is -3.54. The Morgan fingerprint density at radius 2 is 0.667 bits per heavy atom. The second-order valence-electron chi connectivity index (χ2n) is 16.2. The molecule has 0 aliphatic carbocycles. The van der Waals surface area contributed by atoms with Gasteiger partial charge in [-0.15, -0.1) is 0 Å². The second kappa shape index (κ2) is 36.8. The highest BCUT2D eigenvalue weighted by Gasteiger charge is 2.05. The van der Waals surface area contributed by atoms with Crippen LogP contribution in [0.5, 0.6) is 0 Å². The maximum absolute atomic E-state index is 12.4. The Bertz CT molecular complexity index is 1190. The van der Waals surface area contributed by atoms with Crippen molar-refractivity contribution in [1.29, 1.82) is 0 Å². The van der Waals surface area contributed by atoms with Gasteiger partial charge >= 0.3 is 12.1 Å². The number of nitrogens with one attached hydrogen (secondary N) is 4. The number of allylic oxidation sites excluding steroid dienone is 4. The minimum atomic E-state index is -0.148. The molecule has 0 saturated heterocycles. The van der Waals surface area contributed by atoms with E-state index in [-0.39, 0.29) is 12.1 Å².